The predicted molar refractivity (Wildman–Crippen MR) is 62.8 cm³/mol. The zero-order valence-electron chi connectivity index (χ0n) is 9.28. The molecular formula is C11H19N3S. The lowest BCUT2D eigenvalue weighted by atomic mass is 9.91. The van der Waals surface area contributed by atoms with Crippen molar-refractivity contribution in [3.05, 3.63) is 10.6 Å². The van der Waals surface area contributed by atoms with Gasteiger partial charge in [-0.2, -0.15) is 0 Å². The van der Waals surface area contributed by atoms with Crippen LogP contribution in [0, 0.1) is 12.8 Å². The molecule has 1 aromatic rings. The van der Waals surface area contributed by atoms with Gasteiger partial charge in [-0.15, -0.1) is 5.10 Å². The summed E-state index contributed by atoms with van der Waals surface area (Å²) in [5.74, 6) is 0.647. The third-order valence-corrected chi connectivity index (χ3v) is 4.32. The Morgan fingerprint density at radius 3 is 2.47 bits per heavy atom. The quantitative estimate of drug-likeness (QED) is 0.787. The molecule has 1 heterocycles. The van der Waals surface area contributed by atoms with Crippen LogP contribution in [0.3, 0.4) is 0 Å². The number of hydrogen-bond acceptors (Lipinski definition) is 4. The molecule has 15 heavy (non-hydrogen) atoms. The molecule has 1 aromatic heterocycles. The Labute approximate surface area is 95.2 Å². The number of hydrogen-bond donors (Lipinski definition) is 1. The van der Waals surface area contributed by atoms with Crippen LogP contribution < -0.4 is 5.73 Å². The first-order chi connectivity index (χ1) is 7.29. The van der Waals surface area contributed by atoms with E-state index in [1.165, 1.54) is 54.9 Å². The molecule has 1 fully saturated rings. The van der Waals surface area contributed by atoms with E-state index < -0.39 is 0 Å². The highest BCUT2D eigenvalue weighted by Crippen LogP contribution is 2.33. The van der Waals surface area contributed by atoms with Crippen LogP contribution in [-0.4, -0.2) is 9.59 Å². The van der Waals surface area contributed by atoms with Crippen molar-refractivity contribution in [2.75, 3.05) is 0 Å². The molecular weight excluding hydrogens is 206 g/mol. The number of rotatable bonds is 2. The van der Waals surface area contributed by atoms with Crippen molar-refractivity contribution in [1.82, 2.24) is 9.59 Å². The van der Waals surface area contributed by atoms with Crippen LogP contribution >= 0.6 is 11.5 Å². The van der Waals surface area contributed by atoms with Crippen molar-refractivity contribution >= 4 is 11.5 Å². The van der Waals surface area contributed by atoms with Crippen molar-refractivity contribution in [2.24, 2.45) is 11.7 Å². The molecule has 1 aliphatic carbocycles. The predicted octanol–water partition coefficient (Wildman–Crippen LogP) is 2.82. The second kappa shape index (κ2) is 5.03. The zero-order valence-corrected chi connectivity index (χ0v) is 10.1. The monoisotopic (exact) mass is 225 g/mol. The second-order valence-electron chi connectivity index (χ2n) is 4.50. The molecule has 0 aromatic carbocycles. The molecule has 1 unspecified atom stereocenters. The average molecular weight is 225 g/mol. The van der Waals surface area contributed by atoms with Crippen molar-refractivity contribution in [1.29, 1.82) is 0 Å². The van der Waals surface area contributed by atoms with E-state index in [-0.39, 0.29) is 6.04 Å². The lowest BCUT2D eigenvalue weighted by molar-refractivity contribution is 0.385. The van der Waals surface area contributed by atoms with Crippen molar-refractivity contribution in [3.8, 4) is 0 Å². The molecule has 2 N–H and O–H groups in total. The van der Waals surface area contributed by atoms with Gasteiger partial charge < -0.3 is 5.73 Å². The first kappa shape index (κ1) is 11.0. The largest absolute Gasteiger partial charge is 0.323 e. The van der Waals surface area contributed by atoms with Crippen molar-refractivity contribution in [2.45, 2.75) is 51.5 Å². The second-order valence-corrected chi connectivity index (χ2v) is 5.29. The lowest BCUT2D eigenvalue weighted by Gasteiger charge is -2.20. The highest BCUT2D eigenvalue weighted by molar-refractivity contribution is 7.05. The first-order valence-corrected chi connectivity index (χ1v) is 6.61. The summed E-state index contributed by atoms with van der Waals surface area (Å²) in [6, 6.07) is 0.170. The molecule has 2 rings (SSSR count). The van der Waals surface area contributed by atoms with E-state index in [4.69, 9.17) is 5.73 Å². The van der Waals surface area contributed by atoms with E-state index in [0.29, 0.717) is 5.92 Å². The molecule has 0 aliphatic heterocycles. The van der Waals surface area contributed by atoms with Crippen molar-refractivity contribution < 1.29 is 0 Å². The Morgan fingerprint density at radius 1 is 1.27 bits per heavy atom. The van der Waals surface area contributed by atoms with Crippen LogP contribution in [0.5, 0.6) is 0 Å². The standard InChI is InChI=1S/C11H19N3S/c1-8-11(15-14-13-8)10(12)9-6-4-2-3-5-7-9/h9-10H,2-7,12H2,1H3. The van der Waals surface area contributed by atoms with Gasteiger partial charge >= 0.3 is 0 Å². The van der Waals surface area contributed by atoms with Crippen LogP contribution in [0.2, 0.25) is 0 Å². The number of nitrogens with two attached hydrogens (primary N) is 1. The summed E-state index contributed by atoms with van der Waals surface area (Å²) in [4.78, 5) is 1.20. The first-order valence-electron chi connectivity index (χ1n) is 5.83. The van der Waals surface area contributed by atoms with Gasteiger partial charge in [0, 0.05) is 6.04 Å². The Bertz CT molecular complexity index is 303. The SMILES string of the molecule is Cc1nnsc1C(N)C1CCCCCC1. The normalized spacial score (nSPS) is 21.2. The molecule has 4 heteroatoms. The molecule has 1 saturated carbocycles. The molecule has 0 radical (unpaired) electrons. The molecule has 0 spiro atoms. The summed E-state index contributed by atoms with van der Waals surface area (Å²) < 4.78 is 3.97. The van der Waals surface area contributed by atoms with Gasteiger partial charge in [0.05, 0.1) is 10.6 Å². The molecule has 0 amide bonds. The van der Waals surface area contributed by atoms with Crippen LogP contribution in [0.15, 0.2) is 0 Å². The molecule has 1 atom stereocenters. The maximum Gasteiger partial charge on any atom is 0.0772 e. The van der Waals surface area contributed by atoms with Crippen LogP contribution in [-0.2, 0) is 0 Å². The maximum absolute atomic E-state index is 6.31. The summed E-state index contributed by atoms with van der Waals surface area (Å²) in [5.41, 5.74) is 7.34. The Kier molecular flexibility index (Phi) is 3.70. The van der Waals surface area contributed by atoms with Gasteiger partial charge in [0.1, 0.15) is 0 Å². The van der Waals surface area contributed by atoms with Gasteiger partial charge in [-0.3, -0.25) is 0 Å². The molecule has 1 aliphatic rings. The molecule has 0 bridgehead atoms. The molecule has 3 nitrogen and oxygen atoms in total. The Morgan fingerprint density at radius 2 is 1.93 bits per heavy atom. The summed E-state index contributed by atoms with van der Waals surface area (Å²) >= 11 is 1.47. The van der Waals surface area contributed by atoms with Crippen LogP contribution in [0.1, 0.15) is 55.1 Å². The van der Waals surface area contributed by atoms with Gasteiger partial charge in [-0.05, 0) is 37.2 Å². The van der Waals surface area contributed by atoms with Crippen LogP contribution in [0.25, 0.3) is 0 Å². The van der Waals surface area contributed by atoms with E-state index in [9.17, 15) is 0 Å². The van der Waals surface area contributed by atoms with Gasteiger partial charge in [0.2, 0.25) is 0 Å². The smallest absolute Gasteiger partial charge is 0.0772 e. The Hall–Kier alpha value is -0.480. The zero-order chi connectivity index (χ0) is 10.7. The van der Waals surface area contributed by atoms with Crippen molar-refractivity contribution in [3.63, 3.8) is 0 Å². The van der Waals surface area contributed by atoms with Crippen LogP contribution in [0.4, 0.5) is 0 Å². The highest BCUT2D eigenvalue weighted by Gasteiger charge is 2.23. The highest BCUT2D eigenvalue weighted by atomic mass is 32.1. The molecule has 84 valence electrons. The third-order valence-electron chi connectivity index (χ3n) is 3.40. The van der Waals surface area contributed by atoms with E-state index in [1.54, 1.807) is 0 Å². The summed E-state index contributed by atoms with van der Waals surface area (Å²) in [7, 11) is 0. The minimum absolute atomic E-state index is 0.170. The fourth-order valence-corrected chi connectivity index (χ4v) is 3.17. The van der Waals surface area contributed by atoms with E-state index in [0.717, 1.165) is 5.69 Å². The number of aryl methyl sites for hydroxylation is 1. The fraction of sp³-hybridized carbons (Fsp3) is 0.818. The minimum atomic E-state index is 0.170. The summed E-state index contributed by atoms with van der Waals surface area (Å²) in [6.45, 7) is 2.01. The van der Waals surface area contributed by atoms with E-state index >= 15 is 0 Å². The molecule has 0 saturated heterocycles. The minimum Gasteiger partial charge on any atom is -0.323 e. The third kappa shape index (κ3) is 2.55. The topological polar surface area (TPSA) is 51.8 Å². The summed E-state index contributed by atoms with van der Waals surface area (Å²) in [6.07, 6.45) is 7.98. The van der Waals surface area contributed by atoms with Gasteiger partial charge in [-0.1, -0.05) is 30.2 Å². The fourth-order valence-electron chi connectivity index (χ4n) is 2.43. The number of nitrogens with zero attached hydrogens (tertiary/aromatic N) is 2. The number of aromatic nitrogens is 2. The summed E-state index contributed by atoms with van der Waals surface area (Å²) in [5, 5.41) is 4.04. The van der Waals surface area contributed by atoms with Gasteiger partial charge in [0.15, 0.2) is 0 Å². The average Bonchev–Trinajstić information content (AvgIpc) is 2.53. The lowest BCUT2D eigenvalue weighted by Crippen LogP contribution is -2.20. The Balaban J connectivity index is 2.06. The van der Waals surface area contributed by atoms with Gasteiger partial charge in [0.25, 0.3) is 0 Å². The van der Waals surface area contributed by atoms with E-state index in [1.807, 2.05) is 6.92 Å². The maximum atomic E-state index is 6.31. The van der Waals surface area contributed by atoms with E-state index in [2.05, 4.69) is 9.59 Å². The van der Waals surface area contributed by atoms with Gasteiger partial charge in [-0.25, -0.2) is 0 Å².